The lowest BCUT2D eigenvalue weighted by molar-refractivity contribution is 0.283. The van der Waals surface area contributed by atoms with Crippen LogP contribution in [0, 0.1) is 0 Å². The summed E-state index contributed by atoms with van der Waals surface area (Å²) in [5.41, 5.74) is 1.10. The van der Waals surface area contributed by atoms with E-state index in [1.807, 2.05) is 19.2 Å². The van der Waals surface area contributed by atoms with Crippen molar-refractivity contribution in [3.05, 3.63) is 18.3 Å². The second kappa shape index (κ2) is 7.93. The molecule has 0 fully saturated rings. The first-order valence-corrected chi connectivity index (χ1v) is 5.85. The Hall–Kier alpha value is -1.29. The number of anilines is 2. The smallest absolute Gasteiger partial charge is 0.127 e. The zero-order valence-corrected chi connectivity index (χ0v) is 9.87. The van der Waals surface area contributed by atoms with Crippen molar-refractivity contribution in [1.82, 2.24) is 4.98 Å². The van der Waals surface area contributed by atoms with Crippen LogP contribution in [0.15, 0.2) is 18.3 Å². The fourth-order valence-corrected chi connectivity index (χ4v) is 1.50. The van der Waals surface area contributed by atoms with Gasteiger partial charge in [0.05, 0.1) is 0 Å². The van der Waals surface area contributed by atoms with Gasteiger partial charge in [0.1, 0.15) is 5.82 Å². The predicted octanol–water partition coefficient (Wildman–Crippen LogP) is 2.09. The minimum Gasteiger partial charge on any atom is -0.396 e. The van der Waals surface area contributed by atoms with Crippen LogP contribution < -0.4 is 10.6 Å². The molecule has 16 heavy (non-hydrogen) atoms. The lowest BCUT2D eigenvalue weighted by atomic mass is 10.2. The van der Waals surface area contributed by atoms with Crippen LogP contribution in [0.3, 0.4) is 0 Å². The van der Waals surface area contributed by atoms with Crippen LogP contribution in [0.4, 0.5) is 11.5 Å². The van der Waals surface area contributed by atoms with Gasteiger partial charge in [-0.3, -0.25) is 0 Å². The lowest BCUT2D eigenvalue weighted by Gasteiger charge is -2.07. The van der Waals surface area contributed by atoms with E-state index in [1.54, 1.807) is 6.20 Å². The quantitative estimate of drug-likeness (QED) is 0.591. The molecular weight excluding hydrogens is 202 g/mol. The van der Waals surface area contributed by atoms with Crippen molar-refractivity contribution < 1.29 is 5.11 Å². The third-order valence-corrected chi connectivity index (χ3v) is 2.43. The van der Waals surface area contributed by atoms with Crippen LogP contribution in [0.5, 0.6) is 0 Å². The van der Waals surface area contributed by atoms with E-state index >= 15 is 0 Å². The molecule has 0 spiro atoms. The molecule has 1 aromatic heterocycles. The van der Waals surface area contributed by atoms with Gasteiger partial charge in [0, 0.05) is 38.1 Å². The van der Waals surface area contributed by atoms with E-state index in [1.165, 1.54) is 0 Å². The number of pyridine rings is 1. The SMILES string of the molecule is CNc1cc(NCCCCCCO)ccn1. The normalized spacial score (nSPS) is 10.1. The van der Waals surface area contributed by atoms with Crippen molar-refractivity contribution in [2.24, 2.45) is 0 Å². The van der Waals surface area contributed by atoms with Crippen molar-refractivity contribution in [2.75, 3.05) is 30.8 Å². The summed E-state index contributed by atoms with van der Waals surface area (Å²) in [6.45, 7) is 1.28. The van der Waals surface area contributed by atoms with Crippen molar-refractivity contribution in [2.45, 2.75) is 25.7 Å². The molecule has 0 unspecified atom stereocenters. The number of aliphatic hydroxyl groups is 1. The predicted molar refractivity (Wildman–Crippen MR) is 67.8 cm³/mol. The van der Waals surface area contributed by atoms with E-state index in [0.717, 1.165) is 43.7 Å². The number of aliphatic hydroxyl groups excluding tert-OH is 1. The van der Waals surface area contributed by atoms with Crippen molar-refractivity contribution in [3.8, 4) is 0 Å². The van der Waals surface area contributed by atoms with E-state index in [2.05, 4.69) is 15.6 Å². The first-order valence-electron chi connectivity index (χ1n) is 5.85. The summed E-state index contributed by atoms with van der Waals surface area (Å²) in [5.74, 6) is 0.880. The van der Waals surface area contributed by atoms with Gasteiger partial charge in [0.2, 0.25) is 0 Å². The van der Waals surface area contributed by atoms with Crippen LogP contribution >= 0.6 is 0 Å². The molecule has 0 aromatic carbocycles. The van der Waals surface area contributed by atoms with Crippen LogP contribution in [0.25, 0.3) is 0 Å². The average molecular weight is 223 g/mol. The number of rotatable bonds is 8. The van der Waals surface area contributed by atoms with Gasteiger partial charge in [-0.15, -0.1) is 0 Å². The number of nitrogens with zero attached hydrogens (tertiary/aromatic N) is 1. The fraction of sp³-hybridized carbons (Fsp3) is 0.583. The first kappa shape index (κ1) is 12.8. The monoisotopic (exact) mass is 223 g/mol. The van der Waals surface area contributed by atoms with Gasteiger partial charge in [-0.25, -0.2) is 4.98 Å². The maximum Gasteiger partial charge on any atom is 0.127 e. The van der Waals surface area contributed by atoms with Crippen LogP contribution in [-0.2, 0) is 0 Å². The molecule has 0 radical (unpaired) electrons. The Balaban J connectivity index is 2.16. The van der Waals surface area contributed by atoms with Gasteiger partial charge < -0.3 is 15.7 Å². The topological polar surface area (TPSA) is 57.2 Å². The molecule has 0 aliphatic carbocycles. The highest BCUT2D eigenvalue weighted by Gasteiger charge is 1.94. The average Bonchev–Trinajstić information content (AvgIpc) is 2.34. The molecule has 0 aliphatic rings. The highest BCUT2D eigenvalue weighted by molar-refractivity contribution is 5.51. The molecular formula is C12H21N3O. The molecule has 0 saturated heterocycles. The van der Waals surface area contributed by atoms with Crippen molar-refractivity contribution in [3.63, 3.8) is 0 Å². The second-order valence-corrected chi connectivity index (χ2v) is 3.74. The van der Waals surface area contributed by atoms with E-state index < -0.39 is 0 Å². The zero-order chi connectivity index (χ0) is 11.6. The minimum atomic E-state index is 0.309. The molecule has 0 atom stereocenters. The van der Waals surface area contributed by atoms with Crippen molar-refractivity contribution in [1.29, 1.82) is 0 Å². The number of hydrogen-bond donors (Lipinski definition) is 3. The standard InChI is InChI=1S/C12H21N3O/c1-13-12-10-11(6-8-15-12)14-7-4-2-3-5-9-16/h6,8,10,16H,2-5,7,9H2,1H3,(H2,13,14,15). The Morgan fingerprint density at radius 1 is 1.25 bits per heavy atom. The molecule has 3 N–H and O–H groups in total. The Bertz CT molecular complexity index is 291. The van der Waals surface area contributed by atoms with Gasteiger partial charge in [0.25, 0.3) is 0 Å². The van der Waals surface area contributed by atoms with Crippen LogP contribution in [0.2, 0.25) is 0 Å². The third-order valence-electron chi connectivity index (χ3n) is 2.43. The largest absolute Gasteiger partial charge is 0.396 e. The second-order valence-electron chi connectivity index (χ2n) is 3.74. The van der Waals surface area contributed by atoms with Gasteiger partial charge in [0.15, 0.2) is 0 Å². The summed E-state index contributed by atoms with van der Waals surface area (Å²) < 4.78 is 0. The van der Waals surface area contributed by atoms with E-state index in [-0.39, 0.29) is 0 Å². The third kappa shape index (κ3) is 4.98. The number of hydrogen-bond acceptors (Lipinski definition) is 4. The maximum absolute atomic E-state index is 8.63. The molecule has 4 heteroatoms. The molecule has 1 heterocycles. The number of aromatic nitrogens is 1. The Labute approximate surface area is 97.1 Å². The maximum atomic E-state index is 8.63. The molecule has 1 rings (SSSR count). The van der Waals surface area contributed by atoms with E-state index in [9.17, 15) is 0 Å². The Kier molecular flexibility index (Phi) is 6.33. The van der Waals surface area contributed by atoms with Crippen LogP contribution in [0.1, 0.15) is 25.7 Å². The van der Waals surface area contributed by atoms with E-state index in [0.29, 0.717) is 6.61 Å². The molecule has 4 nitrogen and oxygen atoms in total. The van der Waals surface area contributed by atoms with Gasteiger partial charge in [-0.1, -0.05) is 12.8 Å². The zero-order valence-electron chi connectivity index (χ0n) is 9.87. The summed E-state index contributed by atoms with van der Waals surface area (Å²) >= 11 is 0. The highest BCUT2D eigenvalue weighted by Crippen LogP contribution is 2.11. The van der Waals surface area contributed by atoms with Gasteiger partial charge in [-0.2, -0.15) is 0 Å². The lowest BCUT2D eigenvalue weighted by Crippen LogP contribution is -2.02. The molecule has 90 valence electrons. The van der Waals surface area contributed by atoms with Crippen molar-refractivity contribution >= 4 is 11.5 Å². The Morgan fingerprint density at radius 2 is 2.06 bits per heavy atom. The summed E-state index contributed by atoms with van der Waals surface area (Å²) in [6, 6.07) is 3.96. The molecule has 0 saturated carbocycles. The Morgan fingerprint density at radius 3 is 2.81 bits per heavy atom. The highest BCUT2D eigenvalue weighted by atomic mass is 16.2. The summed E-state index contributed by atoms with van der Waals surface area (Å²) in [7, 11) is 1.86. The van der Waals surface area contributed by atoms with Gasteiger partial charge in [-0.05, 0) is 18.9 Å². The minimum absolute atomic E-state index is 0.309. The number of nitrogens with one attached hydrogen (secondary N) is 2. The van der Waals surface area contributed by atoms with Gasteiger partial charge >= 0.3 is 0 Å². The molecule has 0 amide bonds. The summed E-state index contributed by atoms with van der Waals surface area (Å²) in [6.07, 6.45) is 6.12. The van der Waals surface area contributed by atoms with E-state index in [4.69, 9.17) is 5.11 Å². The molecule has 0 aliphatic heterocycles. The molecule has 0 bridgehead atoms. The van der Waals surface area contributed by atoms with Crippen LogP contribution in [-0.4, -0.2) is 30.3 Å². The summed E-state index contributed by atoms with van der Waals surface area (Å²) in [5, 5.41) is 15.0. The fourth-order valence-electron chi connectivity index (χ4n) is 1.50. The molecule has 1 aromatic rings. The summed E-state index contributed by atoms with van der Waals surface area (Å²) in [4.78, 5) is 4.15. The number of unbranched alkanes of at least 4 members (excludes halogenated alkanes) is 3. The first-order chi connectivity index (χ1) is 7.86.